The number of halogens is 1. The third-order valence-corrected chi connectivity index (χ3v) is 5.22. The summed E-state index contributed by atoms with van der Waals surface area (Å²) in [7, 11) is -2.07. The molecule has 0 spiro atoms. The van der Waals surface area contributed by atoms with Crippen LogP contribution in [0.25, 0.3) is 0 Å². The second-order valence-electron chi connectivity index (χ2n) is 5.14. The fourth-order valence-electron chi connectivity index (χ4n) is 1.89. The molecule has 2 aromatic rings. The minimum absolute atomic E-state index is 0.0954. The van der Waals surface area contributed by atoms with Gasteiger partial charge in [0.1, 0.15) is 0 Å². The first kappa shape index (κ1) is 17.3. The Morgan fingerprint density at radius 1 is 1.13 bits per heavy atom. The van der Waals surface area contributed by atoms with Gasteiger partial charge in [0.2, 0.25) is 5.91 Å². The molecule has 122 valence electrons. The van der Waals surface area contributed by atoms with E-state index in [2.05, 4.69) is 4.72 Å². The highest BCUT2D eigenvalue weighted by atomic mass is 35.5. The molecule has 2 rings (SSSR count). The minimum atomic E-state index is -3.72. The van der Waals surface area contributed by atoms with Crippen molar-refractivity contribution in [2.75, 3.05) is 16.7 Å². The fraction of sp³-hybridized carbons (Fsp3) is 0.188. The lowest BCUT2D eigenvalue weighted by atomic mass is 10.2. The van der Waals surface area contributed by atoms with E-state index in [0.29, 0.717) is 16.4 Å². The zero-order chi connectivity index (χ0) is 17.2. The number of benzene rings is 2. The van der Waals surface area contributed by atoms with Gasteiger partial charge in [0, 0.05) is 30.4 Å². The van der Waals surface area contributed by atoms with Crippen molar-refractivity contribution in [3.63, 3.8) is 0 Å². The van der Waals surface area contributed by atoms with Crippen molar-refractivity contribution in [2.45, 2.75) is 18.7 Å². The van der Waals surface area contributed by atoms with Gasteiger partial charge in [-0.25, -0.2) is 8.42 Å². The Morgan fingerprint density at radius 3 is 2.26 bits per heavy atom. The van der Waals surface area contributed by atoms with Gasteiger partial charge in [-0.1, -0.05) is 17.7 Å². The molecule has 1 N–H and O–H groups in total. The molecule has 0 saturated heterocycles. The van der Waals surface area contributed by atoms with Gasteiger partial charge in [-0.05, 0) is 48.9 Å². The molecule has 0 heterocycles. The van der Waals surface area contributed by atoms with E-state index in [0.717, 1.165) is 5.56 Å². The molecule has 0 aromatic heterocycles. The van der Waals surface area contributed by atoms with Crippen molar-refractivity contribution < 1.29 is 13.2 Å². The molecule has 0 unspecified atom stereocenters. The van der Waals surface area contributed by atoms with Gasteiger partial charge in [0.05, 0.1) is 4.90 Å². The molecule has 0 bridgehead atoms. The summed E-state index contributed by atoms with van der Waals surface area (Å²) in [6.07, 6.45) is 0. The van der Waals surface area contributed by atoms with Gasteiger partial charge in [0.15, 0.2) is 0 Å². The van der Waals surface area contributed by atoms with Gasteiger partial charge < -0.3 is 4.90 Å². The molecule has 0 aliphatic carbocycles. The number of carbonyl (C=O) groups excluding carboxylic acids is 1. The number of aryl methyl sites for hydroxylation is 1. The number of hydrogen-bond acceptors (Lipinski definition) is 3. The second kappa shape index (κ2) is 6.60. The van der Waals surface area contributed by atoms with Gasteiger partial charge in [-0.3, -0.25) is 9.52 Å². The van der Waals surface area contributed by atoms with E-state index in [4.69, 9.17) is 11.6 Å². The quantitative estimate of drug-likeness (QED) is 0.916. The normalized spacial score (nSPS) is 11.1. The van der Waals surface area contributed by atoms with E-state index in [1.807, 2.05) is 0 Å². The van der Waals surface area contributed by atoms with E-state index in [1.165, 1.54) is 24.0 Å². The van der Waals surface area contributed by atoms with Crippen LogP contribution >= 0.6 is 11.6 Å². The number of nitrogens with zero attached hydrogens (tertiary/aromatic N) is 1. The zero-order valence-corrected chi connectivity index (χ0v) is 14.6. The first-order valence-corrected chi connectivity index (χ1v) is 8.70. The zero-order valence-electron chi connectivity index (χ0n) is 13.0. The average molecular weight is 353 g/mol. The third kappa shape index (κ3) is 4.03. The van der Waals surface area contributed by atoms with Crippen LogP contribution in [0.15, 0.2) is 47.4 Å². The van der Waals surface area contributed by atoms with Crippen LogP contribution in [0.1, 0.15) is 12.5 Å². The highest BCUT2D eigenvalue weighted by molar-refractivity contribution is 7.92. The third-order valence-electron chi connectivity index (χ3n) is 3.43. The standard InChI is InChI=1S/C16H17ClN2O3S/c1-11-4-9-15(10-16(11)17)23(21,22)18-13-5-7-14(8-6-13)19(3)12(2)20/h4-10,18H,1-3H3. The molecule has 7 heteroatoms. The topological polar surface area (TPSA) is 66.5 Å². The summed E-state index contributed by atoms with van der Waals surface area (Å²) in [5, 5.41) is 0.395. The summed E-state index contributed by atoms with van der Waals surface area (Å²) in [6, 6.07) is 11.1. The Balaban J connectivity index is 2.23. The molecule has 23 heavy (non-hydrogen) atoms. The Morgan fingerprint density at radius 2 is 1.74 bits per heavy atom. The minimum Gasteiger partial charge on any atom is -0.316 e. The molecule has 0 fully saturated rings. The highest BCUT2D eigenvalue weighted by Gasteiger charge is 2.15. The SMILES string of the molecule is CC(=O)N(C)c1ccc(NS(=O)(=O)c2ccc(C)c(Cl)c2)cc1. The molecule has 2 aromatic carbocycles. The number of anilines is 2. The Hall–Kier alpha value is -2.05. The maximum Gasteiger partial charge on any atom is 0.261 e. The maximum absolute atomic E-state index is 12.4. The Labute approximate surface area is 140 Å². The summed E-state index contributed by atoms with van der Waals surface area (Å²) in [6.45, 7) is 3.26. The van der Waals surface area contributed by atoms with E-state index in [9.17, 15) is 13.2 Å². The van der Waals surface area contributed by atoms with Gasteiger partial charge in [-0.2, -0.15) is 0 Å². The van der Waals surface area contributed by atoms with Crippen molar-refractivity contribution >= 4 is 38.9 Å². The van der Waals surface area contributed by atoms with Crippen LogP contribution in [0.5, 0.6) is 0 Å². The van der Waals surface area contributed by atoms with Gasteiger partial charge in [-0.15, -0.1) is 0 Å². The molecule has 1 amide bonds. The molecule has 0 atom stereocenters. The predicted molar refractivity (Wildman–Crippen MR) is 92.5 cm³/mol. The maximum atomic E-state index is 12.4. The lowest BCUT2D eigenvalue weighted by Gasteiger charge is -2.15. The van der Waals surface area contributed by atoms with E-state index in [-0.39, 0.29) is 10.8 Å². The second-order valence-corrected chi connectivity index (χ2v) is 7.23. The predicted octanol–water partition coefficient (Wildman–Crippen LogP) is 3.43. The van der Waals surface area contributed by atoms with Gasteiger partial charge in [0.25, 0.3) is 10.0 Å². The molecule has 5 nitrogen and oxygen atoms in total. The van der Waals surface area contributed by atoms with Crippen LogP contribution in [-0.2, 0) is 14.8 Å². The smallest absolute Gasteiger partial charge is 0.261 e. The number of amides is 1. The lowest BCUT2D eigenvalue weighted by molar-refractivity contribution is -0.116. The first-order chi connectivity index (χ1) is 10.7. The average Bonchev–Trinajstić information content (AvgIpc) is 2.49. The van der Waals surface area contributed by atoms with Crippen molar-refractivity contribution in [2.24, 2.45) is 0 Å². The fourth-order valence-corrected chi connectivity index (χ4v) is 3.22. The Kier molecular flexibility index (Phi) is 4.97. The van der Waals surface area contributed by atoms with Crippen molar-refractivity contribution in [1.29, 1.82) is 0 Å². The van der Waals surface area contributed by atoms with Crippen LogP contribution in [0.2, 0.25) is 5.02 Å². The van der Waals surface area contributed by atoms with Crippen LogP contribution < -0.4 is 9.62 Å². The number of sulfonamides is 1. The molecule has 0 aliphatic rings. The van der Waals surface area contributed by atoms with Crippen LogP contribution in [0, 0.1) is 6.92 Å². The number of carbonyl (C=O) groups is 1. The highest BCUT2D eigenvalue weighted by Crippen LogP contribution is 2.23. The van der Waals surface area contributed by atoms with E-state index in [1.54, 1.807) is 44.3 Å². The number of rotatable bonds is 4. The summed E-state index contributed by atoms with van der Waals surface area (Å²) >= 11 is 5.98. The van der Waals surface area contributed by atoms with Gasteiger partial charge >= 0.3 is 0 Å². The number of nitrogens with one attached hydrogen (secondary N) is 1. The number of hydrogen-bond donors (Lipinski definition) is 1. The van der Waals surface area contributed by atoms with Crippen molar-refractivity contribution in [1.82, 2.24) is 0 Å². The largest absolute Gasteiger partial charge is 0.316 e. The monoisotopic (exact) mass is 352 g/mol. The molecule has 0 aliphatic heterocycles. The summed E-state index contributed by atoms with van der Waals surface area (Å²) in [5.74, 6) is -0.104. The molecule has 0 saturated carbocycles. The van der Waals surface area contributed by atoms with Crippen molar-refractivity contribution in [3.05, 3.63) is 53.1 Å². The van der Waals surface area contributed by atoms with E-state index < -0.39 is 10.0 Å². The summed E-state index contributed by atoms with van der Waals surface area (Å²) in [4.78, 5) is 12.9. The van der Waals surface area contributed by atoms with Crippen LogP contribution in [-0.4, -0.2) is 21.4 Å². The van der Waals surface area contributed by atoms with Crippen LogP contribution in [0.4, 0.5) is 11.4 Å². The molecular weight excluding hydrogens is 336 g/mol. The molecule has 0 radical (unpaired) electrons. The first-order valence-electron chi connectivity index (χ1n) is 6.84. The summed E-state index contributed by atoms with van der Waals surface area (Å²) < 4.78 is 27.2. The summed E-state index contributed by atoms with van der Waals surface area (Å²) in [5.41, 5.74) is 1.89. The lowest BCUT2D eigenvalue weighted by Crippen LogP contribution is -2.22. The molecular formula is C16H17ClN2O3S. The Bertz CT molecular complexity index is 833. The van der Waals surface area contributed by atoms with Crippen molar-refractivity contribution in [3.8, 4) is 0 Å². The van der Waals surface area contributed by atoms with E-state index >= 15 is 0 Å². The van der Waals surface area contributed by atoms with Crippen LogP contribution in [0.3, 0.4) is 0 Å².